The van der Waals surface area contributed by atoms with Gasteiger partial charge in [-0.25, -0.2) is 8.42 Å². The largest absolute Gasteiger partial charge is 0.365 e. The number of halogens is 1. The van der Waals surface area contributed by atoms with Gasteiger partial charge in [0.25, 0.3) is 0 Å². The molecule has 18 heavy (non-hydrogen) atoms. The van der Waals surface area contributed by atoms with Gasteiger partial charge in [0.1, 0.15) is 9.92 Å². The number of aromatic amines is 1. The summed E-state index contributed by atoms with van der Waals surface area (Å²) in [6.07, 6.45) is 2.45. The summed E-state index contributed by atoms with van der Waals surface area (Å²) in [6, 6.07) is 0. The summed E-state index contributed by atoms with van der Waals surface area (Å²) >= 11 is 5.65. The third-order valence-corrected chi connectivity index (χ3v) is 5.13. The molecule has 0 unspecified atom stereocenters. The quantitative estimate of drug-likeness (QED) is 0.830. The van der Waals surface area contributed by atoms with Crippen LogP contribution in [0.25, 0.3) is 0 Å². The van der Waals surface area contributed by atoms with E-state index in [1.807, 2.05) is 11.9 Å². The van der Waals surface area contributed by atoms with Crippen LogP contribution in [0, 0.1) is 0 Å². The first-order chi connectivity index (χ1) is 8.43. The van der Waals surface area contributed by atoms with Crippen LogP contribution >= 0.6 is 11.6 Å². The van der Waals surface area contributed by atoms with Crippen LogP contribution in [0.2, 0.25) is 5.02 Å². The molecule has 0 aromatic carbocycles. The predicted molar refractivity (Wildman–Crippen MR) is 68.3 cm³/mol. The molecule has 6 nitrogen and oxygen atoms in total. The number of nitrogens with one attached hydrogen (secondary N) is 1. The fourth-order valence-electron chi connectivity index (χ4n) is 1.80. The third kappa shape index (κ3) is 2.44. The highest BCUT2D eigenvalue weighted by molar-refractivity contribution is 7.89. The Bertz CT molecular complexity index is 591. The minimum atomic E-state index is -3.76. The molecule has 0 aliphatic carbocycles. The highest BCUT2D eigenvalue weighted by Crippen LogP contribution is 2.14. The monoisotopic (exact) mass is 291 g/mol. The van der Waals surface area contributed by atoms with E-state index in [-0.39, 0.29) is 9.92 Å². The number of H-pyrrole nitrogens is 1. The van der Waals surface area contributed by atoms with Crippen LogP contribution in [0.15, 0.2) is 22.1 Å². The molecule has 1 aromatic rings. The normalized spacial score (nSPS) is 19.0. The molecule has 1 aliphatic heterocycles. The van der Waals surface area contributed by atoms with Gasteiger partial charge in [0.2, 0.25) is 15.5 Å². The van der Waals surface area contributed by atoms with Crippen molar-refractivity contribution in [3.63, 3.8) is 0 Å². The Balaban J connectivity index is 2.37. The summed E-state index contributed by atoms with van der Waals surface area (Å²) in [5.74, 6) is 0. The molecule has 1 saturated heterocycles. The van der Waals surface area contributed by atoms with E-state index in [0.717, 1.165) is 0 Å². The molecule has 100 valence electrons. The van der Waals surface area contributed by atoms with E-state index in [4.69, 9.17) is 11.6 Å². The Morgan fingerprint density at radius 3 is 2.44 bits per heavy atom. The zero-order valence-electron chi connectivity index (χ0n) is 9.89. The van der Waals surface area contributed by atoms with Crippen LogP contribution in [0.3, 0.4) is 0 Å². The molecule has 0 atom stereocenters. The number of likely N-dealkylation sites (N-methyl/N-ethyl adjacent to an activating group) is 1. The van der Waals surface area contributed by atoms with Gasteiger partial charge in [0.15, 0.2) is 0 Å². The average Bonchev–Trinajstić information content (AvgIpc) is 2.33. The van der Waals surface area contributed by atoms with Gasteiger partial charge in [-0.2, -0.15) is 4.31 Å². The highest BCUT2D eigenvalue weighted by Gasteiger charge is 2.29. The Morgan fingerprint density at radius 2 is 1.83 bits per heavy atom. The van der Waals surface area contributed by atoms with E-state index in [0.29, 0.717) is 26.2 Å². The van der Waals surface area contributed by atoms with Gasteiger partial charge in [-0.3, -0.25) is 4.79 Å². The molecule has 8 heteroatoms. The molecule has 0 saturated carbocycles. The summed E-state index contributed by atoms with van der Waals surface area (Å²) in [5, 5.41) is -0.120. The van der Waals surface area contributed by atoms with Crippen molar-refractivity contribution in [2.24, 2.45) is 0 Å². The molecule has 1 aliphatic rings. The lowest BCUT2D eigenvalue weighted by Crippen LogP contribution is -2.47. The van der Waals surface area contributed by atoms with E-state index in [9.17, 15) is 13.2 Å². The van der Waals surface area contributed by atoms with Crippen molar-refractivity contribution >= 4 is 21.6 Å². The van der Waals surface area contributed by atoms with E-state index in [1.54, 1.807) is 0 Å². The first-order valence-corrected chi connectivity index (χ1v) is 7.30. The van der Waals surface area contributed by atoms with E-state index >= 15 is 0 Å². The van der Waals surface area contributed by atoms with Crippen molar-refractivity contribution in [3.05, 3.63) is 27.6 Å². The minimum absolute atomic E-state index is 0.120. The first kappa shape index (κ1) is 13.5. The molecule has 2 rings (SSSR count). The molecule has 1 N–H and O–H groups in total. The maximum absolute atomic E-state index is 12.3. The molecular weight excluding hydrogens is 278 g/mol. The molecule has 1 fully saturated rings. The standard InChI is InChI=1S/C10H14ClN3O3S/c1-13-2-4-14(5-3-13)18(16,17)9-7-12-6-8(11)10(9)15/h6-7H,2-5H2,1H3,(H,12,15). The molecule has 0 bridgehead atoms. The van der Waals surface area contributed by atoms with Gasteiger partial charge in [-0.15, -0.1) is 0 Å². The minimum Gasteiger partial charge on any atom is -0.365 e. The third-order valence-electron chi connectivity index (χ3n) is 2.95. The number of pyridine rings is 1. The SMILES string of the molecule is CN1CCN(S(=O)(=O)c2c[nH]cc(Cl)c2=O)CC1. The van der Waals surface area contributed by atoms with Crippen molar-refractivity contribution < 1.29 is 8.42 Å². The zero-order valence-corrected chi connectivity index (χ0v) is 11.5. The lowest BCUT2D eigenvalue weighted by atomic mass is 10.4. The van der Waals surface area contributed by atoms with Crippen LogP contribution in [0.5, 0.6) is 0 Å². The van der Waals surface area contributed by atoms with Gasteiger partial charge in [0, 0.05) is 38.6 Å². The van der Waals surface area contributed by atoms with Gasteiger partial charge in [-0.05, 0) is 7.05 Å². The fourth-order valence-corrected chi connectivity index (χ4v) is 3.50. The molecule has 0 spiro atoms. The number of piperazine rings is 1. The zero-order chi connectivity index (χ0) is 13.3. The number of nitrogens with zero attached hydrogens (tertiary/aromatic N) is 2. The number of sulfonamides is 1. The molecule has 2 heterocycles. The lowest BCUT2D eigenvalue weighted by molar-refractivity contribution is 0.222. The maximum atomic E-state index is 12.3. The topological polar surface area (TPSA) is 73.5 Å². The fraction of sp³-hybridized carbons (Fsp3) is 0.500. The second-order valence-electron chi connectivity index (χ2n) is 4.20. The summed E-state index contributed by atoms with van der Waals surface area (Å²) in [7, 11) is -1.83. The van der Waals surface area contributed by atoms with Gasteiger partial charge < -0.3 is 9.88 Å². The molecular formula is C10H14ClN3O3S. The second-order valence-corrected chi connectivity index (χ2v) is 6.52. The Hall–Kier alpha value is -0.890. The number of hydrogen-bond acceptors (Lipinski definition) is 4. The molecule has 1 aromatic heterocycles. The predicted octanol–water partition coefficient (Wildman–Crippen LogP) is -0.0356. The van der Waals surface area contributed by atoms with E-state index < -0.39 is 15.5 Å². The highest BCUT2D eigenvalue weighted by atomic mass is 35.5. The summed E-state index contributed by atoms with van der Waals surface area (Å²) in [6.45, 7) is 2.06. The number of aromatic nitrogens is 1. The van der Waals surface area contributed by atoms with Crippen molar-refractivity contribution in [1.29, 1.82) is 0 Å². The number of hydrogen-bond donors (Lipinski definition) is 1. The first-order valence-electron chi connectivity index (χ1n) is 5.48. The van der Waals surface area contributed by atoms with Gasteiger partial charge in [-0.1, -0.05) is 11.6 Å². The van der Waals surface area contributed by atoms with E-state index in [1.165, 1.54) is 16.7 Å². The van der Waals surface area contributed by atoms with E-state index in [2.05, 4.69) is 4.98 Å². The van der Waals surface area contributed by atoms with Crippen molar-refractivity contribution in [3.8, 4) is 0 Å². The van der Waals surface area contributed by atoms with Crippen LogP contribution < -0.4 is 5.43 Å². The Morgan fingerprint density at radius 1 is 1.22 bits per heavy atom. The summed E-state index contributed by atoms with van der Waals surface area (Å²) in [5.41, 5.74) is -0.658. The molecule has 0 radical (unpaired) electrons. The van der Waals surface area contributed by atoms with Gasteiger partial charge >= 0.3 is 0 Å². The van der Waals surface area contributed by atoms with Crippen molar-refractivity contribution in [2.75, 3.05) is 33.2 Å². The van der Waals surface area contributed by atoms with Crippen molar-refractivity contribution in [2.45, 2.75) is 4.90 Å². The summed E-state index contributed by atoms with van der Waals surface area (Å²) < 4.78 is 25.9. The van der Waals surface area contributed by atoms with Crippen molar-refractivity contribution in [1.82, 2.24) is 14.2 Å². The second kappa shape index (κ2) is 5.00. The van der Waals surface area contributed by atoms with Crippen LogP contribution in [-0.2, 0) is 10.0 Å². The average molecular weight is 292 g/mol. The van der Waals surface area contributed by atoms with Gasteiger partial charge in [0.05, 0.1) is 0 Å². The Kier molecular flexibility index (Phi) is 3.76. The van der Waals surface area contributed by atoms with Crippen LogP contribution in [0.4, 0.5) is 0 Å². The van der Waals surface area contributed by atoms with Crippen LogP contribution in [0.1, 0.15) is 0 Å². The number of rotatable bonds is 2. The molecule has 0 amide bonds. The summed E-state index contributed by atoms with van der Waals surface area (Å²) in [4.78, 5) is 16.1. The maximum Gasteiger partial charge on any atom is 0.248 e. The lowest BCUT2D eigenvalue weighted by Gasteiger charge is -2.31. The Labute approximate surface area is 110 Å². The smallest absolute Gasteiger partial charge is 0.248 e. The van der Waals surface area contributed by atoms with Crippen LogP contribution in [-0.4, -0.2) is 55.8 Å².